The molecule has 1 atom stereocenters. The van der Waals surface area contributed by atoms with Crippen LogP contribution in [-0.2, 0) is 22.4 Å². The minimum Gasteiger partial charge on any atom is -0.369 e. The Balaban J connectivity index is 1.15. The molecule has 4 aromatic carbocycles. The van der Waals surface area contributed by atoms with Crippen molar-refractivity contribution in [3.05, 3.63) is 120 Å². The number of nitrogens with zero attached hydrogens (tertiary/aromatic N) is 3. The molecule has 4 aromatic rings. The van der Waals surface area contributed by atoms with Gasteiger partial charge < -0.3 is 10.2 Å². The Morgan fingerprint density at radius 3 is 2.05 bits per heavy atom. The van der Waals surface area contributed by atoms with E-state index in [2.05, 4.69) is 39.4 Å². The molecule has 1 heterocycles. The molecule has 1 aliphatic heterocycles. The molecule has 0 bridgehead atoms. The molecule has 41 heavy (non-hydrogen) atoms. The first kappa shape index (κ1) is 26.8. The van der Waals surface area contributed by atoms with E-state index < -0.39 is 0 Å². The van der Waals surface area contributed by atoms with Crippen LogP contribution < -0.4 is 15.1 Å². The molecule has 1 fully saturated rings. The van der Waals surface area contributed by atoms with Crippen LogP contribution in [0.4, 0.5) is 22.7 Å². The second-order valence-corrected chi connectivity index (χ2v) is 10.9. The number of rotatable bonds is 7. The van der Waals surface area contributed by atoms with Crippen molar-refractivity contribution in [3.63, 3.8) is 0 Å². The summed E-state index contributed by atoms with van der Waals surface area (Å²) in [5.41, 5.74) is 7.46. The number of carbonyl (C=O) groups is 2. The van der Waals surface area contributed by atoms with Crippen molar-refractivity contribution in [2.24, 2.45) is 0 Å². The summed E-state index contributed by atoms with van der Waals surface area (Å²) < 4.78 is 0. The van der Waals surface area contributed by atoms with Gasteiger partial charge in [0.05, 0.1) is 0 Å². The van der Waals surface area contributed by atoms with Gasteiger partial charge in [0.2, 0.25) is 11.8 Å². The lowest BCUT2D eigenvalue weighted by Crippen LogP contribution is -2.50. The maximum absolute atomic E-state index is 13.7. The van der Waals surface area contributed by atoms with Gasteiger partial charge in [-0.15, -0.1) is 0 Å². The van der Waals surface area contributed by atoms with E-state index in [1.807, 2.05) is 78.9 Å². The molecule has 2 aliphatic rings. The second-order valence-electron chi connectivity index (χ2n) is 10.9. The maximum Gasteiger partial charge on any atom is 0.246 e. The normalized spacial score (nSPS) is 15.7. The second kappa shape index (κ2) is 12.0. The maximum atomic E-state index is 13.7. The van der Waals surface area contributed by atoms with Gasteiger partial charge in [0.1, 0.15) is 6.04 Å². The average Bonchev–Trinajstić information content (AvgIpc) is 3.47. The number of benzene rings is 4. The van der Waals surface area contributed by atoms with Crippen molar-refractivity contribution < 1.29 is 9.59 Å². The Bertz CT molecular complexity index is 1500. The quantitative estimate of drug-likeness (QED) is 0.294. The molecular weight excluding hydrogens is 508 g/mol. The number of fused-ring (bicyclic) bond motifs is 1. The molecule has 6 heteroatoms. The molecule has 1 N–H and O–H groups in total. The summed E-state index contributed by atoms with van der Waals surface area (Å²) in [5, 5.41) is 3.22. The number of hydrogen-bond acceptors (Lipinski definition) is 4. The number of para-hydroxylation sites is 1. The van der Waals surface area contributed by atoms with Crippen LogP contribution in [0, 0.1) is 0 Å². The highest BCUT2D eigenvalue weighted by molar-refractivity contribution is 5.99. The summed E-state index contributed by atoms with van der Waals surface area (Å²) in [6, 6.07) is 34.0. The van der Waals surface area contributed by atoms with Crippen LogP contribution in [0.15, 0.2) is 103 Å². The molecule has 1 saturated heterocycles. The molecule has 6 nitrogen and oxygen atoms in total. The van der Waals surface area contributed by atoms with Gasteiger partial charge >= 0.3 is 0 Å². The number of piperazine rings is 1. The highest BCUT2D eigenvalue weighted by atomic mass is 16.2. The predicted molar refractivity (Wildman–Crippen MR) is 166 cm³/mol. The molecule has 0 saturated carbocycles. The molecule has 0 spiro atoms. The van der Waals surface area contributed by atoms with Crippen LogP contribution in [0.5, 0.6) is 0 Å². The smallest absolute Gasteiger partial charge is 0.246 e. The first-order valence-corrected chi connectivity index (χ1v) is 14.5. The summed E-state index contributed by atoms with van der Waals surface area (Å²) >= 11 is 0. The van der Waals surface area contributed by atoms with Crippen molar-refractivity contribution in [3.8, 4) is 0 Å². The summed E-state index contributed by atoms with van der Waals surface area (Å²) in [7, 11) is 0. The van der Waals surface area contributed by atoms with E-state index in [1.165, 1.54) is 17.5 Å². The van der Waals surface area contributed by atoms with E-state index in [9.17, 15) is 9.59 Å². The van der Waals surface area contributed by atoms with Gasteiger partial charge in [0, 0.05) is 55.9 Å². The fraction of sp³-hybridized carbons (Fsp3) is 0.257. The predicted octanol–water partition coefficient (Wildman–Crippen LogP) is 6.36. The lowest BCUT2D eigenvalue weighted by molar-refractivity contribution is -0.121. The minimum absolute atomic E-state index is 0.0113. The SMILES string of the molecule is CC(=O)N(c1ccccc1)c1ccc(N2CCN(C(C(=O)Nc3ccc4c(c3)CCC4)c3ccccc3)CC2)cc1. The molecule has 1 aliphatic carbocycles. The topological polar surface area (TPSA) is 55.9 Å². The minimum atomic E-state index is -0.357. The first-order valence-electron chi connectivity index (χ1n) is 14.5. The van der Waals surface area contributed by atoms with Crippen molar-refractivity contribution in [1.29, 1.82) is 0 Å². The van der Waals surface area contributed by atoms with Gasteiger partial charge in [-0.1, -0.05) is 54.6 Å². The largest absolute Gasteiger partial charge is 0.369 e. The van der Waals surface area contributed by atoms with E-state index in [-0.39, 0.29) is 17.9 Å². The van der Waals surface area contributed by atoms with Crippen molar-refractivity contribution in [2.45, 2.75) is 32.2 Å². The number of anilines is 4. The monoisotopic (exact) mass is 544 g/mol. The fourth-order valence-electron chi connectivity index (χ4n) is 6.16. The van der Waals surface area contributed by atoms with Crippen LogP contribution >= 0.6 is 0 Å². The van der Waals surface area contributed by atoms with Crippen LogP contribution in [0.2, 0.25) is 0 Å². The number of carbonyl (C=O) groups excluding carboxylic acids is 2. The molecule has 0 radical (unpaired) electrons. The van der Waals surface area contributed by atoms with Crippen LogP contribution in [0.1, 0.15) is 36.1 Å². The zero-order valence-corrected chi connectivity index (χ0v) is 23.5. The third-order valence-corrected chi connectivity index (χ3v) is 8.21. The molecule has 1 unspecified atom stereocenters. The lowest BCUT2D eigenvalue weighted by atomic mass is 10.0. The van der Waals surface area contributed by atoms with E-state index in [0.717, 1.165) is 67.3 Å². The van der Waals surface area contributed by atoms with E-state index in [1.54, 1.807) is 11.8 Å². The summed E-state index contributed by atoms with van der Waals surface area (Å²) in [6.45, 7) is 4.74. The molecular formula is C35H36N4O2. The number of nitrogens with one attached hydrogen (secondary N) is 1. The third-order valence-electron chi connectivity index (χ3n) is 8.21. The van der Waals surface area contributed by atoms with E-state index in [0.29, 0.717) is 0 Å². The Hall–Kier alpha value is -4.42. The van der Waals surface area contributed by atoms with Gasteiger partial charge in [-0.25, -0.2) is 0 Å². The molecule has 0 aromatic heterocycles. The summed E-state index contributed by atoms with van der Waals surface area (Å²) in [4.78, 5) is 32.5. The van der Waals surface area contributed by atoms with Crippen LogP contribution in [0.25, 0.3) is 0 Å². The Morgan fingerprint density at radius 1 is 0.732 bits per heavy atom. The van der Waals surface area contributed by atoms with Gasteiger partial charge in [0.15, 0.2) is 0 Å². The summed E-state index contributed by atoms with van der Waals surface area (Å²) in [5.74, 6) is -0.0140. The number of amides is 2. The van der Waals surface area contributed by atoms with Gasteiger partial charge in [0.25, 0.3) is 0 Å². The van der Waals surface area contributed by atoms with Crippen molar-refractivity contribution >= 4 is 34.6 Å². The van der Waals surface area contributed by atoms with Crippen LogP contribution in [0.3, 0.4) is 0 Å². The first-order chi connectivity index (χ1) is 20.1. The Labute approximate surface area is 242 Å². The van der Waals surface area contributed by atoms with Gasteiger partial charge in [-0.2, -0.15) is 0 Å². The standard InChI is InChI=1S/C35H36N4O2/c1-26(40)39(32-13-6-3-7-14-32)33-19-17-31(18-20-33)37-21-23-38(24-22-37)34(28-9-4-2-5-10-28)35(41)36-30-16-15-27-11-8-12-29(27)25-30/h2-7,9-10,13-20,25,34H,8,11-12,21-24H2,1H3,(H,36,41). The van der Waals surface area contributed by atoms with Crippen molar-refractivity contribution in [1.82, 2.24) is 4.90 Å². The summed E-state index contributed by atoms with van der Waals surface area (Å²) in [6.07, 6.45) is 3.41. The lowest BCUT2D eigenvalue weighted by Gasteiger charge is -2.40. The van der Waals surface area contributed by atoms with E-state index in [4.69, 9.17) is 0 Å². The number of aryl methyl sites for hydroxylation is 2. The Kier molecular flexibility index (Phi) is 7.83. The van der Waals surface area contributed by atoms with Crippen molar-refractivity contribution in [2.75, 3.05) is 41.3 Å². The van der Waals surface area contributed by atoms with Gasteiger partial charge in [-0.05, 0) is 84.5 Å². The average molecular weight is 545 g/mol. The highest BCUT2D eigenvalue weighted by Gasteiger charge is 2.31. The molecule has 6 rings (SSSR count). The fourth-order valence-corrected chi connectivity index (χ4v) is 6.16. The third kappa shape index (κ3) is 5.88. The Morgan fingerprint density at radius 2 is 1.37 bits per heavy atom. The molecule has 208 valence electrons. The van der Waals surface area contributed by atoms with Gasteiger partial charge in [-0.3, -0.25) is 19.4 Å². The van der Waals surface area contributed by atoms with E-state index >= 15 is 0 Å². The number of hydrogen-bond donors (Lipinski definition) is 1. The molecule has 2 amide bonds. The zero-order valence-electron chi connectivity index (χ0n) is 23.5. The van der Waals surface area contributed by atoms with Crippen LogP contribution in [-0.4, -0.2) is 42.9 Å². The zero-order chi connectivity index (χ0) is 28.2. The highest BCUT2D eigenvalue weighted by Crippen LogP contribution is 2.31.